The number of hydrogen-bond acceptors (Lipinski definition) is 5. The first kappa shape index (κ1) is 17.6. The summed E-state index contributed by atoms with van der Waals surface area (Å²) in [6.45, 7) is 6.00. The highest BCUT2D eigenvalue weighted by molar-refractivity contribution is 5.77. The molecule has 0 aliphatic carbocycles. The van der Waals surface area contributed by atoms with Gasteiger partial charge in [-0.25, -0.2) is 0 Å². The summed E-state index contributed by atoms with van der Waals surface area (Å²) in [5.41, 5.74) is 1.07. The van der Waals surface area contributed by atoms with Crippen LogP contribution in [0.25, 0.3) is 0 Å². The SMILES string of the molecule is CC(C)c1nc([C@H]2CCCN(C(=O)COCc3ccccc3)C2)no1. The monoisotopic (exact) mass is 343 g/mol. The summed E-state index contributed by atoms with van der Waals surface area (Å²) in [5.74, 6) is 1.75. The molecule has 1 aromatic carbocycles. The summed E-state index contributed by atoms with van der Waals surface area (Å²) in [4.78, 5) is 18.7. The highest BCUT2D eigenvalue weighted by atomic mass is 16.5. The van der Waals surface area contributed by atoms with Gasteiger partial charge in [0.05, 0.1) is 6.61 Å². The predicted molar refractivity (Wildman–Crippen MR) is 93.0 cm³/mol. The lowest BCUT2D eigenvalue weighted by Gasteiger charge is -2.31. The van der Waals surface area contributed by atoms with E-state index < -0.39 is 0 Å². The van der Waals surface area contributed by atoms with Gasteiger partial charge in [-0.2, -0.15) is 4.98 Å². The molecule has 2 aromatic rings. The summed E-state index contributed by atoms with van der Waals surface area (Å²) in [5, 5.41) is 4.10. The fraction of sp³-hybridized carbons (Fsp3) is 0.526. The predicted octanol–water partition coefficient (Wildman–Crippen LogP) is 3.12. The van der Waals surface area contributed by atoms with Crippen molar-refractivity contribution >= 4 is 5.91 Å². The number of ether oxygens (including phenoxy) is 1. The lowest BCUT2D eigenvalue weighted by molar-refractivity contribution is -0.137. The standard InChI is InChI=1S/C19H25N3O3/c1-14(2)19-20-18(21-25-19)16-9-6-10-22(11-16)17(23)13-24-12-15-7-4-3-5-8-15/h3-5,7-8,14,16H,6,9-13H2,1-2H3/t16-/m0/s1. The molecule has 6 nitrogen and oxygen atoms in total. The highest BCUT2D eigenvalue weighted by Crippen LogP contribution is 2.26. The molecule has 0 bridgehead atoms. The number of rotatable bonds is 6. The van der Waals surface area contributed by atoms with Crippen molar-refractivity contribution in [3.63, 3.8) is 0 Å². The molecule has 0 unspecified atom stereocenters. The van der Waals surface area contributed by atoms with Gasteiger partial charge in [0.1, 0.15) is 6.61 Å². The number of hydrogen-bond donors (Lipinski definition) is 0. The summed E-state index contributed by atoms with van der Waals surface area (Å²) in [7, 11) is 0. The molecule has 25 heavy (non-hydrogen) atoms. The zero-order chi connectivity index (χ0) is 17.6. The topological polar surface area (TPSA) is 68.5 Å². The van der Waals surface area contributed by atoms with Crippen LogP contribution in [0.2, 0.25) is 0 Å². The van der Waals surface area contributed by atoms with E-state index in [1.54, 1.807) is 0 Å². The van der Waals surface area contributed by atoms with Crippen molar-refractivity contribution in [2.45, 2.75) is 45.1 Å². The molecule has 1 amide bonds. The lowest BCUT2D eigenvalue weighted by atomic mass is 9.97. The summed E-state index contributed by atoms with van der Waals surface area (Å²) in [6.07, 6.45) is 1.92. The first-order chi connectivity index (χ1) is 12.1. The summed E-state index contributed by atoms with van der Waals surface area (Å²) in [6, 6.07) is 9.87. The fourth-order valence-electron chi connectivity index (χ4n) is 2.98. The van der Waals surface area contributed by atoms with E-state index in [2.05, 4.69) is 10.1 Å². The molecule has 1 aliphatic rings. The van der Waals surface area contributed by atoms with Crippen molar-refractivity contribution < 1.29 is 14.1 Å². The van der Waals surface area contributed by atoms with Gasteiger partial charge in [0.2, 0.25) is 11.8 Å². The Morgan fingerprint density at radius 1 is 1.36 bits per heavy atom. The van der Waals surface area contributed by atoms with Crippen LogP contribution in [0, 0.1) is 0 Å². The van der Waals surface area contributed by atoms with E-state index in [4.69, 9.17) is 9.26 Å². The van der Waals surface area contributed by atoms with Crippen LogP contribution in [0.3, 0.4) is 0 Å². The highest BCUT2D eigenvalue weighted by Gasteiger charge is 2.28. The third kappa shape index (κ3) is 4.66. The molecule has 1 aliphatic heterocycles. The molecule has 1 aromatic heterocycles. The van der Waals surface area contributed by atoms with Crippen molar-refractivity contribution in [1.29, 1.82) is 0 Å². The van der Waals surface area contributed by atoms with E-state index in [1.165, 1.54) is 0 Å². The van der Waals surface area contributed by atoms with Crippen LogP contribution < -0.4 is 0 Å². The Labute approximate surface area is 148 Å². The largest absolute Gasteiger partial charge is 0.367 e. The van der Waals surface area contributed by atoms with Gasteiger partial charge in [-0.15, -0.1) is 0 Å². The number of amides is 1. The minimum Gasteiger partial charge on any atom is -0.367 e. The maximum absolute atomic E-state index is 12.4. The van der Waals surface area contributed by atoms with Crippen LogP contribution in [0.15, 0.2) is 34.9 Å². The van der Waals surface area contributed by atoms with Gasteiger partial charge in [-0.05, 0) is 18.4 Å². The molecule has 0 spiro atoms. The van der Waals surface area contributed by atoms with Crippen LogP contribution in [0.4, 0.5) is 0 Å². The number of carbonyl (C=O) groups is 1. The Bertz CT molecular complexity index is 684. The van der Waals surface area contributed by atoms with E-state index in [-0.39, 0.29) is 24.3 Å². The second-order valence-corrected chi connectivity index (χ2v) is 6.80. The van der Waals surface area contributed by atoms with Gasteiger partial charge in [0, 0.05) is 24.9 Å². The Morgan fingerprint density at radius 2 is 2.16 bits per heavy atom. The number of likely N-dealkylation sites (tertiary alicyclic amines) is 1. The molecular weight excluding hydrogens is 318 g/mol. The number of piperidine rings is 1. The van der Waals surface area contributed by atoms with Crippen molar-refractivity contribution in [2.75, 3.05) is 19.7 Å². The Balaban J connectivity index is 1.50. The van der Waals surface area contributed by atoms with Gasteiger partial charge in [0.25, 0.3) is 0 Å². The van der Waals surface area contributed by atoms with E-state index >= 15 is 0 Å². The Hall–Kier alpha value is -2.21. The molecule has 0 N–H and O–H groups in total. The quantitative estimate of drug-likeness (QED) is 0.806. The van der Waals surface area contributed by atoms with E-state index in [0.29, 0.717) is 24.9 Å². The second-order valence-electron chi connectivity index (χ2n) is 6.80. The Morgan fingerprint density at radius 3 is 2.88 bits per heavy atom. The Kier molecular flexibility index (Phi) is 5.81. The zero-order valence-electron chi connectivity index (χ0n) is 14.9. The lowest BCUT2D eigenvalue weighted by Crippen LogP contribution is -2.41. The average molecular weight is 343 g/mol. The minimum atomic E-state index is 0.0215. The van der Waals surface area contributed by atoms with Gasteiger partial charge < -0.3 is 14.2 Å². The van der Waals surface area contributed by atoms with E-state index in [9.17, 15) is 4.79 Å². The third-order valence-electron chi connectivity index (χ3n) is 4.43. The van der Waals surface area contributed by atoms with Gasteiger partial charge in [-0.3, -0.25) is 4.79 Å². The molecule has 0 radical (unpaired) electrons. The molecule has 2 heterocycles. The summed E-state index contributed by atoms with van der Waals surface area (Å²) < 4.78 is 10.9. The number of nitrogens with zero attached hydrogens (tertiary/aromatic N) is 3. The maximum atomic E-state index is 12.4. The number of benzene rings is 1. The minimum absolute atomic E-state index is 0.0215. The number of aromatic nitrogens is 2. The van der Waals surface area contributed by atoms with Crippen LogP contribution in [0.1, 0.15) is 55.8 Å². The molecule has 1 atom stereocenters. The summed E-state index contributed by atoms with van der Waals surface area (Å²) >= 11 is 0. The first-order valence-electron chi connectivity index (χ1n) is 8.86. The molecular formula is C19H25N3O3. The number of carbonyl (C=O) groups excluding carboxylic acids is 1. The van der Waals surface area contributed by atoms with Crippen molar-refractivity contribution in [2.24, 2.45) is 0 Å². The molecule has 134 valence electrons. The van der Waals surface area contributed by atoms with Crippen LogP contribution in [-0.4, -0.2) is 40.6 Å². The second kappa shape index (κ2) is 8.25. The third-order valence-corrected chi connectivity index (χ3v) is 4.43. The fourth-order valence-corrected chi connectivity index (χ4v) is 2.98. The van der Waals surface area contributed by atoms with E-state index in [0.717, 1.165) is 24.9 Å². The molecule has 1 saturated heterocycles. The first-order valence-corrected chi connectivity index (χ1v) is 8.86. The van der Waals surface area contributed by atoms with Gasteiger partial charge >= 0.3 is 0 Å². The maximum Gasteiger partial charge on any atom is 0.248 e. The van der Waals surface area contributed by atoms with Crippen LogP contribution in [-0.2, 0) is 16.1 Å². The molecule has 6 heteroatoms. The smallest absolute Gasteiger partial charge is 0.248 e. The van der Waals surface area contributed by atoms with Gasteiger partial charge in [-0.1, -0.05) is 49.3 Å². The zero-order valence-corrected chi connectivity index (χ0v) is 14.9. The molecule has 0 saturated carbocycles. The van der Waals surface area contributed by atoms with Crippen LogP contribution in [0.5, 0.6) is 0 Å². The normalized spacial score (nSPS) is 17.9. The molecule has 1 fully saturated rings. The van der Waals surface area contributed by atoms with Crippen LogP contribution >= 0.6 is 0 Å². The van der Waals surface area contributed by atoms with E-state index in [1.807, 2.05) is 49.1 Å². The van der Waals surface area contributed by atoms with Gasteiger partial charge in [0.15, 0.2) is 5.82 Å². The average Bonchev–Trinajstić information content (AvgIpc) is 3.13. The van der Waals surface area contributed by atoms with Crippen molar-refractivity contribution in [1.82, 2.24) is 15.0 Å². The van der Waals surface area contributed by atoms with Crippen molar-refractivity contribution in [3.8, 4) is 0 Å². The molecule has 3 rings (SSSR count). The van der Waals surface area contributed by atoms with Crippen molar-refractivity contribution in [3.05, 3.63) is 47.6 Å².